The van der Waals surface area contributed by atoms with Crippen molar-refractivity contribution in [2.45, 2.75) is 20.5 Å². The fourth-order valence-corrected chi connectivity index (χ4v) is 2.35. The third-order valence-electron chi connectivity index (χ3n) is 3.43. The average molecular weight is 314 g/mol. The molecule has 0 heterocycles. The maximum Gasteiger partial charge on any atom is 0.377 e. The minimum atomic E-state index is -1.46. The molecule has 2 rings (SSSR count). The molecule has 0 amide bonds. The van der Waals surface area contributed by atoms with Gasteiger partial charge in [-0.1, -0.05) is 12.1 Å². The standard InChI is InChI=1S/C18H18O5/c1-11-7-14(16(19)18(20)21)8-12(2)17(11)23-10-13-5-4-6-15(9-13)22-3/h4-9H,10H2,1-3H3,(H,20,21). The molecule has 0 atom stereocenters. The normalized spacial score (nSPS) is 10.2. The second-order valence-electron chi connectivity index (χ2n) is 5.21. The minimum Gasteiger partial charge on any atom is -0.497 e. The molecule has 5 nitrogen and oxygen atoms in total. The molecule has 0 fully saturated rings. The lowest BCUT2D eigenvalue weighted by Gasteiger charge is -2.14. The van der Waals surface area contributed by atoms with Gasteiger partial charge in [0.1, 0.15) is 18.1 Å². The van der Waals surface area contributed by atoms with E-state index < -0.39 is 11.8 Å². The van der Waals surface area contributed by atoms with Gasteiger partial charge in [0.2, 0.25) is 0 Å². The van der Waals surface area contributed by atoms with Gasteiger partial charge >= 0.3 is 5.97 Å². The van der Waals surface area contributed by atoms with Crippen LogP contribution in [0.2, 0.25) is 0 Å². The van der Waals surface area contributed by atoms with Crippen LogP contribution in [0.4, 0.5) is 0 Å². The van der Waals surface area contributed by atoms with Crippen LogP contribution >= 0.6 is 0 Å². The van der Waals surface area contributed by atoms with Gasteiger partial charge in [0.15, 0.2) is 0 Å². The molecule has 0 radical (unpaired) electrons. The van der Waals surface area contributed by atoms with Crippen LogP contribution in [0.3, 0.4) is 0 Å². The third-order valence-corrected chi connectivity index (χ3v) is 3.43. The number of hydrogen-bond donors (Lipinski definition) is 1. The molecule has 5 heteroatoms. The van der Waals surface area contributed by atoms with Crippen molar-refractivity contribution in [3.05, 3.63) is 58.7 Å². The Morgan fingerprint density at radius 3 is 2.30 bits per heavy atom. The lowest BCUT2D eigenvalue weighted by Crippen LogP contribution is -2.13. The zero-order chi connectivity index (χ0) is 17.0. The molecule has 0 saturated heterocycles. The topological polar surface area (TPSA) is 72.8 Å². The van der Waals surface area contributed by atoms with Gasteiger partial charge < -0.3 is 14.6 Å². The van der Waals surface area contributed by atoms with Crippen LogP contribution in [-0.2, 0) is 11.4 Å². The van der Waals surface area contributed by atoms with E-state index in [0.29, 0.717) is 12.4 Å². The zero-order valence-corrected chi connectivity index (χ0v) is 13.3. The van der Waals surface area contributed by atoms with Gasteiger partial charge in [0.05, 0.1) is 7.11 Å². The molecule has 2 aromatic rings. The Labute approximate surface area is 134 Å². The molecule has 2 aromatic carbocycles. The second-order valence-corrected chi connectivity index (χ2v) is 5.21. The van der Waals surface area contributed by atoms with Crippen molar-refractivity contribution in [1.82, 2.24) is 0 Å². The van der Waals surface area contributed by atoms with Gasteiger partial charge in [0.25, 0.3) is 5.78 Å². The molecule has 0 aromatic heterocycles. The Hall–Kier alpha value is -2.82. The van der Waals surface area contributed by atoms with E-state index in [1.807, 2.05) is 24.3 Å². The summed E-state index contributed by atoms with van der Waals surface area (Å²) in [6.45, 7) is 3.92. The van der Waals surface area contributed by atoms with Crippen LogP contribution in [0, 0.1) is 13.8 Å². The first-order valence-corrected chi connectivity index (χ1v) is 7.07. The quantitative estimate of drug-likeness (QED) is 0.655. The van der Waals surface area contributed by atoms with Crippen molar-refractivity contribution in [3.63, 3.8) is 0 Å². The minimum absolute atomic E-state index is 0.154. The van der Waals surface area contributed by atoms with E-state index in [9.17, 15) is 9.59 Å². The monoisotopic (exact) mass is 314 g/mol. The molecule has 0 aliphatic heterocycles. The van der Waals surface area contributed by atoms with Gasteiger partial charge in [-0.2, -0.15) is 0 Å². The predicted molar refractivity (Wildman–Crippen MR) is 85.2 cm³/mol. The highest BCUT2D eigenvalue weighted by atomic mass is 16.5. The van der Waals surface area contributed by atoms with Crippen molar-refractivity contribution in [2.24, 2.45) is 0 Å². The van der Waals surface area contributed by atoms with Gasteiger partial charge in [-0.25, -0.2) is 4.79 Å². The van der Waals surface area contributed by atoms with E-state index in [2.05, 4.69) is 0 Å². The summed E-state index contributed by atoms with van der Waals surface area (Å²) >= 11 is 0. The van der Waals surface area contributed by atoms with Crippen LogP contribution in [-0.4, -0.2) is 24.0 Å². The Morgan fingerprint density at radius 2 is 1.74 bits per heavy atom. The van der Waals surface area contributed by atoms with E-state index in [0.717, 1.165) is 22.4 Å². The van der Waals surface area contributed by atoms with Crippen LogP contribution in [0.25, 0.3) is 0 Å². The molecular weight excluding hydrogens is 296 g/mol. The Balaban J connectivity index is 2.20. The maximum absolute atomic E-state index is 11.6. The van der Waals surface area contributed by atoms with E-state index >= 15 is 0 Å². The smallest absolute Gasteiger partial charge is 0.377 e. The summed E-state index contributed by atoms with van der Waals surface area (Å²) in [4.78, 5) is 22.3. The van der Waals surface area contributed by atoms with E-state index in [-0.39, 0.29) is 5.56 Å². The van der Waals surface area contributed by atoms with Gasteiger partial charge in [0, 0.05) is 5.56 Å². The van der Waals surface area contributed by atoms with Crippen LogP contribution in [0.15, 0.2) is 36.4 Å². The zero-order valence-electron chi connectivity index (χ0n) is 13.3. The number of rotatable bonds is 6. The number of carboxylic acids is 1. The number of ketones is 1. The third kappa shape index (κ3) is 3.88. The molecule has 1 N–H and O–H groups in total. The number of benzene rings is 2. The van der Waals surface area contributed by atoms with E-state index in [1.165, 1.54) is 12.1 Å². The predicted octanol–water partition coefficient (Wildman–Crippen LogP) is 3.16. The fraction of sp³-hybridized carbons (Fsp3) is 0.222. The molecule has 0 bridgehead atoms. The molecule has 0 saturated carbocycles. The molecule has 23 heavy (non-hydrogen) atoms. The number of carbonyl (C=O) groups excluding carboxylic acids is 1. The van der Waals surface area contributed by atoms with Crippen molar-refractivity contribution in [1.29, 1.82) is 0 Å². The summed E-state index contributed by atoms with van der Waals surface area (Å²) < 4.78 is 11.0. The maximum atomic E-state index is 11.6. The summed E-state index contributed by atoms with van der Waals surface area (Å²) in [6, 6.07) is 10.6. The Kier molecular flexibility index (Phi) is 5.01. The number of aryl methyl sites for hydroxylation is 2. The lowest BCUT2D eigenvalue weighted by atomic mass is 10.0. The van der Waals surface area contributed by atoms with Gasteiger partial charge in [-0.15, -0.1) is 0 Å². The summed E-state index contributed by atoms with van der Waals surface area (Å²) in [5.74, 6) is -0.985. The molecule has 0 aliphatic rings. The van der Waals surface area contributed by atoms with E-state index in [4.69, 9.17) is 14.6 Å². The molecule has 120 valence electrons. The summed E-state index contributed by atoms with van der Waals surface area (Å²) in [6.07, 6.45) is 0. The summed E-state index contributed by atoms with van der Waals surface area (Å²) in [7, 11) is 1.60. The van der Waals surface area contributed by atoms with Crippen molar-refractivity contribution >= 4 is 11.8 Å². The van der Waals surface area contributed by atoms with Gasteiger partial charge in [-0.3, -0.25) is 4.79 Å². The highest BCUT2D eigenvalue weighted by Gasteiger charge is 2.17. The van der Waals surface area contributed by atoms with Crippen molar-refractivity contribution < 1.29 is 24.2 Å². The number of methoxy groups -OCH3 is 1. The number of hydrogen-bond acceptors (Lipinski definition) is 4. The summed E-state index contributed by atoms with van der Waals surface area (Å²) in [5, 5.41) is 8.80. The molecular formula is C18H18O5. The Morgan fingerprint density at radius 1 is 1.09 bits per heavy atom. The Bertz CT molecular complexity index is 726. The number of aliphatic carboxylic acids is 1. The van der Waals surface area contributed by atoms with Crippen LogP contribution in [0.5, 0.6) is 11.5 Å². The lowest BCUT2D eigenvalue weighted by molar-refractivity contribution is -0.131. The first kappa shape index (κ1) is 16.5. The average Bonchev–Trinajstić information content (AvgIpc) is 2.53. The van der Waals surface area contributed by atoms with Crippen LogP contribution in [0.1, 0.15) is 27.0 Å². The van der Waals surface area contributed by atoms with Crippen molar-refractivity contribution in [3.8, 4) is 11.5 Å². The largest absolute Gasteiger partial charge is 0.497 e. The van der Waals surface area contributed by atoms with E-state index in [1.54, 1.807) is 21.0 Å². The fourth-order valence-electron chi connectivity index (χ4n) is 2.35. The molecule has 0 aliphatic carbocycles. The first-order valence-electron chi connectivity index (χ1n) is 7.07. The summed E-state index contributed by atoms with van der Waals surface area (Å²) in [5.41, 5.74) is 2.55. The van der Waals surface area contributed by atoms with Gasteiger partial charge in [-0.05, 0) is 54.8 Å². The number of Topliss-reactive ketones (excluding diaryl/α,β-unsaturated/α-hetero) is 1. The number of carbonyl (C=O) groups is 2. The SMILES string of the molecule is COc1cccc(COc2c(C)cc(C(=O)C(=O)O)cc2C)c1. The molecule has 0 unspecified atom stereocenters. The number of carboxylic acid groups (broad SMARTS) is 1. The van der Waals surface area contributed by atoms with Crippen LogP contribution < -0.4 is 9.47 Å². The molecule has 0 spiro atoms. The highest BCUT2D eigenvalue weighted by molar-refractivity contribution is 6.39. The first-order chi connectivity index (χ1) is 10.9. The number of ether oxygens (including phenoxy) is 2. The van der Waals surface area contributed by atoms with Crippen molar-refractivity contribution in [2.75, 3.05) is 7.11 Å². The highest BCUT2D eigenvalue weighted by Crippen LogP contribution is 2.26. The second kappa shape index (κ2) is 6.96.